The smallest absolute Gasteiger partial charge is 0.305 e. The van der Waals surface area contributed by atoms with Gasteiger partial charge in [0, 0.05) is 31.4 Å². The van der Waals surface area contributed by atoms with E-state index in [4.69, 9.17) is 9.84 Å². The number of ether oxygens (including phenoxy) is 1. The van der Waals surface area contributed by atoms with Crippen LogP contribution in [0.2, 0.25) is 0 Å². The average molecular weight is 292 g/mol. The van der Waals surface area contributed by atoms with Gasteiger partial charge in [-0.1, -0.05) is 0 Å². The molecule has 114 valence electrons. The first kappa shape index (κ1) is 15.2. The van der Waals surface area contributed by atoms with Crippen LogP contribution in [-0.4, -0.2) is 43.2 Å². The number of likely N-dealkylation sites (N-methyl/N-ethyl adjacent to an activating group) is 1. The van der Waals surface area contributed by atoms with Gasteiger partial charge in [-0.05, 0) is 26.0 Å². The van der Waals surface area contributed by atoms with E-state index in [1.165, 1.54) is 0 Å². The fourth-order valence-corrected chi connectivity index (χ4v) is 2.35. The van der Waals surface area contributed by atoms with Gasteiger partial charge in [0.2, 0.25) is 0 Å². The van der Waals surface area contributed by atoms with E-state index in [1.807, 2.05) is 36.9 Å². The first-order valence-electron chi connectivity index (χ1n) is 6.92. The van der Waals surface area contributed by atoms with Gasteiger partial charge in [-0.2, -0.15) is 0 Å². The molecule has 1 aliphatic rings. The van der Waals surface area contributed by atoms with Gasteiger partial charge in [-0.25, -0.2) is 0 Å². The number of carbonyl (C=O) groups excluding carboxylic acids is 1. The minimum atomic E-state index is -0.819. The summed E-state index contributed by atoms with van der Waals surface area (Å²) >= 11 is 0. The van der Waals surface area contributed by atoms with Crippen LogP contribution >= 0.6 is 0 Å². The number of nitrogens with zero attached hydrogens (tertiary/aromatic N) is 2. The predicted molar refractivity (Wildman–Crippen MR) is 80.1 cm³/mol. The summed E-state index contributed by atoms with van der Waals surface area (Å²) in [5.41, 5.74) is 1.63. The molecule has 1 aromatic carbocycles. The Morgan fingerprint density at radius 1 is 1.48 bits per heavy atom. The molecule has 6 nitrogen and oxygen atoms in total. The number of aliphatic carboxylic acids is 1. The molecule has 1 amide bonds. The zero-order valence-electron chi connectivity index (χ0n) is 12.5. The van der Waals surface area contributed by atoms with Crippen molar-refractivity contribution in [3.8, 4) is 5.75 Å². The van der Waals surface area contributed by atoms with Crippen molar-refractivity contribution in [2.75, 3.05) is 30.0 Å². The van der Waals surface area contributed by atoms with E-state index in [-0.39, 0.29) is 25.0 Å². The van der Waals surface area contributed by atoms with E-state index >= 15 is 0 Å². The zero-order valence-corrected chi connectivity index (χ0v) is 12.5. The van der Waals surface area contributed by atoms with Gasteiger partial charge in [0.1, 0.15) is 5.75 Å². The molecule has 0 aliphatic carbocycles. The highest BCUT2D eigenvalue weighted by Crippen LogP contribution is 2.35. The van der Waals surface area contributed by atoms with Crippen LogP contribution in [0.15, 0.2) is 18.2 Å². The molecule has 21 heavy (non-hydrogen) atoms. The number of hydrogen-bond acceptors (Lipinski definition) is 4. The summed E-state index contributed by atoms with van der Waals surface area (Å²) in [5.74, 6) is -0.252. The number of carbonyl (C=O) groups is 2. The summed E-state index contributed by atoms with van der Waals surface area (Å²) in [4.78, 5) is 25.9. The third-order valence-electron chi connectivity index (χ3n) is 3.55. The monoisotopic (exact) mass is 292 g/mol. The van der Waals surface area contributed by atoms with Crippen LogP contribution in [0.5, 0.6) is 5.75 Å². The lowest BCUT2D eigenvalue weighted by atomic mass is 10.1. The molecule has 0 bridgehead atoms. The normalized spacial score (nSPS) is 13.9. The van der Waals surface area contributed by atoms with Gasteiger partial charge in [-0.15, -0.1) is 0 Å². The van der Waals surface area contributed by atoms with E-state index in [0.29, 0.717) is 12.3 Å². The summed E-state index contributed by atoms with van der Waals surface area (Å²) in [6, 6.07) is 5.75. The number of benzene rings is 1. The largest absolute Gasteiger partial charge is 0.481 e. The van der Waals surface area contributed by atoms with E-state index < -0.39 is 5.97 Å². The summed E-state index contributed by atoms with van der Waals surface area (Å²) in [6.45, 7) is 4.49. The summed E-state index contributed by atoms with van der Waals surface area (Å²) in [5, 5.41) is 8.85. The molecule has 0 unspecified atom stereocenters. The summed E-state index contributed by atoms with van der Waals surface area (Å²) in [6.07, 6.45) is 0.0779. The Morgan fingerprint density at radius 2 is 2.19 bits per heavy atom. The lowest BCUT2D eigenvalue weighted by Crippen LogP contribution is -2.36. The van der Waals surface area contributed by atoms with Gasteiger partial charge < -0.3 is 19.6 Å². The molecule has 0 aromatic heterocycles. The SMILES string of the molecule is CC(C)N(CCC(=O)O)c1ccc2c(c1)OCC(=O)N2C. The molecule has 0 saturated heterocycles. The minimum absolute atomic E-state index is 0.0315. The highest BCUT2D eigenvalue weighted by atomic mass is 16.5. The van der Waals surface area contributed by atoms with Crippen LogP contribution in [0.25, 0.3) is 0 Å². The quantitative estimate of drug-likeness (QED) is 0.895. The van der Waals surface area contributed by atoms with Crippen molar-refractivity contribution >= 4 is 23.3 Å². The molecule has 0 saturated carbocycles. The van der Waals surface area contributed by atoms with Gasteiger partial charge in [-0.3, -0.25) is 9.59 Å². The molecule has 2 rings (SSSR count). The summed E-state index contributed by atoms with van der Waals surface area (Å²) < 4.78 is 5.47. The van der Waals surface area contributed by atoms with E-state index in [1.54, 1.807) is 11.9 Å². The number of fused-ring (bicyclic) bond motifs is 1. The average Bonchev–Trinajstić information content (AvgIpc) is 2.42. The number of carboxylic acids is 1. The molecule has 0 radical (unpaired) electrons. The van der Waals surface area contributed by atoms with Crippen molar-refractivity contribution in [3.05, 3.63) is 18.2 Å². The number of rotatable bonds is 5. The Labute approximate surface area is 123 Å². The van der Waals surface area contributed by atoms with Crippen molar-refractivity contribution in [2.24, 2.45) is 0 Å². The second-order valence-corrected chi connectivity index (χ2v) is 5.32. The maximum absolute atomic E-state index is 11.6. The molecule has 6 heteroatoms. The van der Waals surface area contributed by atoms with Crippen molar-refractivity contribution in [3.63, 3.8) is 0 Å². The maximum Gasteiger partial charge on any atom is 0.305 e. The van der Waals surface area contributed by atoms with Crippen molar-refractivity contribution < 1.29 is 19.4 Å². The van der Waals surface area contributed by atoms with Crippen molar-refractivity contribution in [1.29, 1.82) is 0 Å². The molecule has 1 N–H and O–H groups in total. The molecule has 0 fully saturated rings. The molecule has 1 aromatic rings. The lowest BCUT2D eigenvalue weighted by molar-refractivity contribution is -0.136. The Balaban J connectivity index is 2.27. The van der Waals surface area contributed by atoms with Gasteiger partial charge >= 0.3 is 5.97 Å². The van der Waals surface area contributed by atoms with E-state index in [2.05, 4.69) is 0 Å². The number of carboxylic acid groups (broad SMARTS) is 1. The molecule has 0 spiro atoms. The van der Waals surface area contributed by atoms with Crippen LogP contribution in [-0.2, 0) is 9.59 Å². The second kappa shape index (κ2) is 6.03. The zero-order chi connectivity index (χ0) is 15.6. The number of hydrogen-bond donors (Lipinski definition) is 1. The van der Waals surface area contributed by atoms with E-state index in [0.717, 1.165) is 11.4 Å². The fraction of sp³-hybridized carbons (Fsp3) is 0.467. The molecule has 0 atom stereocenters. The molecular weight excluding hydrogens is 272 g/mol. The van der Waals surface area contributed by atoms with Crippen molar-refractivity contribution in [1.82, 2.24) is 0 Å². The molecular formula is C15H20N2O4. The number of amides is 1. The van der Waals surface area contributed by atoms with Crippen molar-refractivity contribution in [2.45, 2.75) is 26.3 Å². The number of anilines is 2. The third-order valence-corrected chi connectivity index (χ3v) is 3.55. The highest BCUT2D eigenvalue weighted by molar-refractivity contribution is 5.97. The first-order chi connectivity index (χ1) is 9.90. The molecule has 1 heterocycles. The van der Waals surface area contributed by atoms with Crippen LogP contribution in [0.1, 0.15) is 20.3 Å². The van der Waals surface area contributed by atoms with Gasteiger partial charge in [0.15, 0.2) is 6.61 Å². The standard InChI is InChI=1S/C15H20N2O4/c1-10(2)17(7-6-15(19)20)11-4-5-12-13(8-11)21-9-14(18)16(12)3/h4-5,8,10H,6-7,9H2,1-3H3,(H,19,20). The lowest BCUT2D eigenvalue weighted by Gasteiger charge is -2.31. The van der Waals surface area contributed by atoms with Gasteiger partial charge in [0.25, 0.3) is 5.91 Å². The topological polar surface area (TPSA) is 70.1 Å². The Morgan fingerprint density at radius 3 is 2.81 bits per heavy atom. The van der Waals surface area contributed by atoms with Crippen LogP contribution in [0, 0.1) is 0 Å². The first-order valence-corrected chi connectivity index (χ1v) is 6.92. The Bertz CT molecular complexity index is 557. The minimum Gasteiger partial charge on any atom is -0.481 e. The van der Waals surface area contributed by atoms with Crippen LogP contribution in [0.3, 0.4) is 0 Å². The fourth-order valence-electron chi connectivity index (χ4n) is 2.35. The summed E-state index contributed by atoms with van der Waals surface area (Å²) in [7, 11) is 1.72. The third kappa shape index (κ3) is 3.26. The Hall–Kier alpha value is -2.24. The van der Waals surface area contributed by atoms with E-state index in [9.17, 15) is 9.59 Å². The van der Waals surface area contributed by atoms with Crippen LogP contribution in [0.4, 0.5) is 11.4 Å². The Kier molecular flexibility index (Phi) is 4.35. The molecule has 1 aliphatic heterocycles. The van der Waals surface area contributed by atoms with Crippen LogP contribution < -0.4 is 14.5 Å². The predicted octanol–water partition coefficient (Wildman–Crippen LogP) is 1.73. The van der Waals surface area contributed by atoms with Gasteiger partial charge in [0.05, 0.1) is 12.1 Å². The highest BCUT2D eigenvalue weighted by Gasteiger charge is 2.23. The maximum atomic E-state index is 11.6. The second-order valence-electron chi connectivity index (χ2n) is 5.32.